The number of rotatable bonds is 5. The van der Waals surface area contributed by atoms with E-state index in [1.807, 2.05) is 13.8 Å². The SMILES string of the molecule is CC(C)C#Cc1cc(CCC(C)(C(N)=O)S(C)(=O)=O)no1. The Bertz CT molecular complexity index is 679. The Balaban J connectivity index is 2.85. The number of carbonyl (C=O) groups is 1. The third-order valence-corrected chi connectivity index (χ3v) is 5.28. The third-order valence-electron chi connectivity index (χ3n) is 3.24. The van der Waals surface area contributed by atoms with Gasteiger partial charge in [-0.05, 0) is 25.7 Å². The first-order valence-electron chi connectivity index (χ1n) is 6.53. The van der Waals surface area contributed by atoms with Crippen LogP contribution in [-0.2, 0) is 21.1 Å². The van der Waals surface area contributed by atoms with Gasteiger partial charge in [0.15, 0.2) is 9.84 Å². The van der Waals surface area contributed by atoms with E-state index in [4.69, 9.17) is 10.3 Å². The highest BCUT2D eigenvalue weighted by molar-refractivity contribution is 7.92. The van der Waals surface area contributed by atoms with Crippen molar-refractivity contribution < 1.29 is 17.7 Å². The second-order valence-electron chi connectivity index (χ2n) is 5.47. The molecule has 1 unspecified atom stereocenters. The van der Waals surface area contributed by atoms with Crippen molar-refractivity contribution >= 4 is 15.7 Å². The summed E-state index contributed by atoms with van der Waals surface area (Å²) < 4.78 is 26.9. The minimum Gasteiger partial charge on any atom is -0.368 e. The lowest BCUT2D eigenvalue weighted by Gasteiger charge is -2.23. The van der Waals surface area contributed by atoms with Crippen molar-refractivity contribution in [2.45, 2.75) is 38.4 Å². The number of sulfone groups is 1. The molecule has 0 aliphatic rings. The maximum Gasteiger partial charge on any atom is 0.238 e. The number of amides is 1. The van der Waals surface area contributed by atoms with E-state index >= 15 is 0 Å². The van der Waals surface area contributed by atoms with Gasteiger partial charge in [0.05, 0.1) is 5.69 Å². The summed E-state index contributed by atoms with van der Waals surface area (Å²) in [6.45, 7) is 5.23. The lowest BCUT2D eigenvalue weighted by Crippen LogP contribution is -2.47. The largest absolute Gasteiger partial charge is 0.368 e. The van der Waals surface area contributed by atoms with Crippen LogP contribution in [0.25, 0.3) is 0 Å². The van der Waals surface area contributed by atoms with Crippen LogP contribution < -0.4 is 5.73 Å². The highest BCUT2D eigenvalue weighted by Crippen LogP contribution is 2.22. The second kappa shape index (κ2) is 6.31. The molecule has 2 N–H and O–H groups in total. The lowest BCUT2D eigenvalue weighted by atomic mass is 10.0. The molecule has 1 aromatic rings. The molecular formula is C14H20N2O4S. The van der Waals surface area contributed by atoms with Crippen molar-refractivity contribution in [3.05, 3.63) is 17.5 Å². The fraction of sp³-hybridized carbons (Fsp3) is 0.571. The van der Waals surface area contributed by atoms with E-state index in [0.717, 1.165) is 6.26 Å². The molecular weight excluding hydrogens is 292 g/mol. The topological polar surface area (TPSA) is 103 Å². The standard InChI is InChI=1S/C14H20N2O4S/c1-10(2)5-6-12-9-11(16-20-12)7-8-14(3,13(15)17)21(4,18)19/h9-10H,7-8H2,1-4H3,(H2,15,17). The molecule has 116 valence electrons. The minimum atomic E-state index is -3.61. The van der Waals surface area contributed by atoms with Crippen LogP contribution in [0.4, 0.5) is 0 Å². The first-order chi connectivity index (χ1) is 9.56. The van der Waals surface area contributed by atoms with Crippen LogP contribution in [0.5, 0.6) is 0 Å². The molecule has 1 atom stereocenters. The Morgan fingerprint density at radius 1 is 1.52 bits per heavy atom. The number of hydrogen-bond acceptors (Lipinski definition) is 5. The molecule has 0 spiro atoms. The molecule has 0 aromatic carbocycles. The molecule has 21 heavy (non-hydrogen) atoms. The molecule has 6 nitrogen and oxygen atoms in total. The van der Waals surface area contributed by atoms with Gasteiger partial charge in [0.1, 0.15) is 4.75 Å². The highest BCUT2D eigenvalue weighted by Gasteiger charge is 2.41. The zero-order valence-corrected chi connectivity index (χ0v) is 13.5. The molecule has 0 saturated heterocycles. The fourth-order valence-corrected chi connectivity index (χ4v) is 2.40. The van der Waals surface area contributed by atoms with Gasteiger partial charge in [-0.2, -0.15) is 0 Å². The van der Waals surface area contributed by atoms with E-state index in [0.29, 0.717) is 11.5 Å². The van der Waals surface area contributed by atoms with Crippen LogP contribution in [0.2, 0.25) is 0 Å². The zero-order valence-electron chi connectivity index (χ0n) is 12.6. The van der Waals surface area contributed by atoms with Gasteiger partial charge in [-0.1, -0.05) is 24.9 Å². The number of hydrogen-bond donors (Lipinski definition) is 1. The molecule has 0 aliphatic carbocycles. The number of carbonyl (C=O) groups excluding carboxylic acids is 1. The number of nitrogens with zero attached hydrogens (tertiary/aromatic N) is 1. The molecule has 0 radical (unpaired) electrons. The zero-order chi connectivity index (χ0) is 16.3. The molecule has 1 aromatic heterocycles. The van der Waals surface area contributed by atoms with Crippen molar-refractivity contribution in [3.8, 4) is 11.8 Å². The maximum atomic E-state index is 11.7. The van der Waals surface area contributed by atoms with Gasteiger partial charge in [-0.25, -0.2) is 8.42 Å². The molecule has 0 saturated carbocycles. The van der Waals surface area contributed by atoms with Gasteiger partial charge in [0.25, 0.3) is 0 Å². The van der Waals surface area contributed by atoms with Crippen LogP contribution in [0.15, 0.2) is 10.6 Å². The van der Waals surface area contributed by atoms with Crippen LogP contribution >= 0.6 is 0 Å². The Hall–Kier alpha value is -1.81. The van der Waals surface area contributed by atoms with Gasteiger partial charge in [0, 0.05) is 18.2 Å². The normalized spacial score (nSPS) is 14.3. The van der Waals surface area contributed by atoms with Crippen LogP contribution in [0.3, 0.4) is 0 Å². The van der Waals surface area contributed by atoms with Gasteiger partial charge >= 0.3 is 0 Å². The van der Waals surface area contributed by atoms with E-state index in [2.05, 4.69) is 17.0 Å². The monoisotopic (exact) mass is 312 g/mol. The summed E-state index contributed by atoms with van der Waals surface area (Å²) in [6.07, 6.45) is 1.31. The van der Waals surface area contributed by atoms with E-state index in [-0.39, 0.29) is 18.8 Å². The van der Waals surface area contributed by atoms with Crippen LogP contribution in [0, 0.1) is 17.8 Å². The Morgan fingerprint density at radius 2 is 2.14 bits per heavy atom. The average molecular weight is 312 g/mol. The molecule has 0 bridgehead atoms. The summed E-state index contributed by atoms with van der Waals surface area (Å²) in [7, 11) is -3.61. The van der Waals surface area contributed by atoms with Gasteiger partial charge in [-0.15, -0.1) is 0 Å². The van der Waals surface area contributed by atoms with E-state index < -0.39 is 20.5 Å². The van der Waals surface area contributed by atoms with Crippen molar-refractivity contribution in [1.82, 2.24) is 5.16 Å². The molecule has 1 amide bonds. The van der Waals surface area contributed by atoms with Crippen molar-refractivity contribution in [1.29, 1.82) is 0 Å². The predicted molar refractivity (Wildman–Crippen MR) is 79.0 cm³/mol. The van der Waals surface area contributed by atoms with Gasteiger partial charge < -0.3 is 10.3 Å². The third kappa shape index (κ3) is 4.33. The van der Waals surface area contributed by atoms with E-state index in [1.54, 1.807) is 6.07 Å². The molecule has 1 rings (SSSR count). The second-order valence-corrected chi connectivity index (χ2v) is 7.92. The van der Waals surface area contributed by atoms with Crippen molar-refractivity contribution in [2.24, 2.45) is 11.7 Å². The van der Waals surface area contributed by atoms with Crippen LogP contribution in [-0.4, -0.2) is 30.5 Å². The summed E-state index contributed by atoms with van der Waals surface area (Å²) in [4.78, 5) is 11.4. The Labute approximate surface area is 125 Å². The average Bonchev–Trinajstić information content (AvgIpc) is 2.79. The summed E-state index contributed by atoms with van der Waals surface area (Å²) in [5.41, 5.74) is 5.76. The summed E-state index contributed by atoms with van der Waals surface area (Å²) in [5, 5.41) is 3.81. The Morgan fingerprint density at radius 3 is 2.62 bits per heavy atom. The summed E-state index contributed by atoms with van der Waals surface area (Å²) in [6, 6.07) is 1.64. The maximum absolute atomic E-state index is 11.7. The smallest absolute Gasteiger partial charge is 0.238 e. The van der Waals surface area contributed by atoms with Crippen molar-refractivity contribution in [3.63, 3.8) is 0 Å². The number of aromatic nitrogens is 1. The molecule has 0 fully saturated rings. The number of aryl methyl sites for hydroxylation is 1. The Kier molecular flexibility index (Phi) is 5.18. The first kappa shape index (κ1) is 17.2. The van der Waals surface area contributed by atoms with E-state index in [1.165, 1.54) is 6.92 Å². The predicted octanol–water partition coefficient (Wildman–Crippen LogP) is 0.903. The van der Waals surface area contributed by atoms with Crippen LogP contribution in [0.1, 0.15) is 38.6 Å². The highest BCUT2D eigenvalue weighted by atomic mass is 32.2. The van der Waals surface area contributed by atoms with Gasteiger partial charge in [-0.3, -0.25) is 4.79 Å². The summed E-state index contributed by atoms with van der Waals surface area (Å²) in [5.74, 6) is 5.52. The molecule has 0 aliphatic heterocycles. The number of primary amides is 1. The first-order valence-corrected chi connectivity index (χ1v) is 8.42. The summed E-state index contributed by atoms with van der Waals surface area (Å²) >= 11 is 0. The van der Waals surface area contributed by atoms with Gasteiger partial charge in [0.2, 0.25) is 11.7 Å². The van der Waals surface area contributed by atoms with Crippen molar-refractivity contribution in [2.75, 3.05) is 6.26 Å². The lowest BCUT2D eigenvalue weighted by molar-refractivity contribution is -0.120. The van der Waals surface area contributed by atoms with E-state index in [9.17, 15) is 13.2 Å². The minimum absolute atomic E-state index is 0.0464. The number of nitrogens with two attached hydrogens (primary N) is 1. The quantitative estimate of drug-likeness (QED) is 0.814. The molecule has 7 heteroatoms. The fourth-order valence-electron chi connectivity index (χ4n) is 1.56. The molecule has 1 heterocycles.